The zero-order valence-corrected chi connectivity index (χ0v) is 20.3. The van der Waals surface area contributed by atoms with Crippen molar-refractivity contribution >= 4 is 53.9 Å². The molecule has 178 valence electrons. The van der Waals surface area contributed by atoms with Crippen molar-refractivity contribution in [3.8, 4) is 22.3 Å². The van der Waals surface area contributed by atoms with Crippen molar-refractivity contribution in [2.45, 2.75) is 0 Å². The van der Waals surface area contributed by atoms with Crippen LogP contribution < -0.4 is 0 Å². The first kappa shape index (κ1) is 21.3. The van der Waals surface area contributed by atoms with E-state index in [-0.39, 0.29) is 0 Å². The van der Waals surface area contributed by atoms with E-state index in [1.165, 1.54) is 44.5 Å². The Morgan fingerprint density at radius 1 is 0.368 bits per heavy atom. The van der Waals surface area contributed by atoms with Crippen molar-refractivity contribution in [3.05, 3.63) is 133 Å². The van der Waals surface area contributed by atoms with Crippen LogP contribution in [0.15, 0.2) is 121 Å². The van der Waals surface area contributed by atoms with Gasteiger partial charge in [-0.05, 0) is 88.2 Å². The van der Waals surface area contributed by atoms with Crippen LogP contribution in [0.4, 0.5) is 8.78 Å². The van der Waals surface area contributed by atoms with E-state index in [1.807, 2.05) is 24.3 Å². The van der Waals surface area contributed by atoms with E-state index in [0.29, 0.717) is 5.56 Å². The summed E-state index contributed by atoms with van der Waals surface area (Å²) in [4.78, 5) is 0. The van der Waals surface area contributed by atoms with Crippen molar-refractivity contribution < 1.29 is 8.78 Å². The molecule has 0 fully saturated rings. The fourth-order valence-electron chi connectivity index (χ4n) is 6.38. The van der Waals surface area contributed by atoms with Gasteiger partial charge >= 0.3 is 0 Å². The van der Waals surface area contributed by atoms with Gasteiger partial charge in [0.15, 0.2) is 0 Å². The van der Waals surface area contributed by atoms with E-state index in [1.54, 1.807) is 0 Å². The molecule has 0 spiro atoms. The number of hydrogen-bond donors (Lipinski definition) is 0. The van der Waals surface area contributed by atoms with E-state index in [2.05, 4.69) is 78.9 Å². The fourth-order valence-corrected chi connectivity index (χ4v) is 6.38. The number of benzene rings is 8. The molecule has 0 unspecified atom stereocenters. The van der Waals surface area contributed by atoms with Crippen molar-refractivity contribution in [1.29, 1.82) is 0 Å². The quantitative estimate of drug-likeness (QED) is 0.167. The Morgan fingerprint density at radius 3 is 1.47 bits per heavy atom. The van der Waals surface area contributed by atoms with Crippen LogP contribution in [0.5, 0.6) is 0 Å². The summed E-state index contributed by atoms with van der Waals surface area (Å²) in [6, 6.07) is 39.9. The van der Waals surface area contributed by atoms with Gasteiger partial charge in [0.2, 0.25) is 0 Å². The third-order valence-corrected chi connectivity index (χ3v) is 7.88. The van der Waals surface area contributed by atoms with Gasteiger partial charge in [0.1, 0.15) is 11.6 Å². The first-order valence-electron chi connectivity index (χ1n) is 12.7. The molecule has 0 N–H and O–H groups in total. The van der Waals surface area contributed by atoms with Gasteiger partial charge in [-0.25, -0.2) is 8.78 Å². The number of rotatable bonds is 2. The molecule has 0 radical (unpaired) electrons. The summed E-state index contributed by atoms with van der Waals surface area (Å²) >= 11 is 0. The average Bonchev–Trinajstić information content (AvgIpc) is 2.94. The lowest BCUT2D eigenvalue weighted by molar-refractivity contribution is 0.584. The molecule has 2 heteroatoms. The summed E-state index contributed by atoms with van der Waals surface area (Å²) < 4.78 is 28.8. The van der Waals surface area contributed by atoms with Crippen LogP contribution in [0.1, 0.15) is 0 Å². The van der Waals surface area contributed by atoms with Crippen LogP contribution >= 0.6 is 0 Å². The summed E-state index contributed by atoms with van der Waals surface area (Å²) in [6.07, 6.45) is 0. The highest BCUT2D eigenvalue weighted by Gasteiger charge is 2.20. The molecule has 8 rings (SSSR count). The van der Waals surface area contributed by atoms with E-state index < -0.39 is 11.6 Å². The van der Waals surface area contributed by atoms with Crippen LogP contribution in [0, 0.1) is 11.6 Å². The molecule has 0 bridgehead atoms. The molecule has 0 aromatic heterocycles. The third-order valence-electron chi connectivity index (χ3n) is 7.88. The van der Waals surface area contributed by atoms with Gasteiger partial charge < -0.3 is 0 Å². The number of halogens is 2. The van der Waals surface area contributed by atoms with Gasteiger partial charge in [0.25, 0.3) is 0 Å². The van der Waals surface area contributed by atoms with E-state index in [0.717, 1.165) is 44.3 Å². The Bertz CT molecular complexity index is 2110. The normalized spacial score (nSPS) is 11.9. The van der Waals surface area contributed by atoms with Gasteiger partial charge in [-0.15, -0.1) is 0 Å². The predicted molar refractivity (Wildman–Crippen MR) is 156 cm³/mol. The summed E-state index contributed by atoms with van der Waals surface area (Å²) in [6.45, 7) is 0. The highest BCUT2D eigenvalue weighted by atomic mass is 19.1. The summed E-state index contributed by atoms with van der Waals surface area (Å²) in [7, 11) is 0. The van der Waals surface area contributed by atoms with Crippen LogP contribution in [0.2, 0.25) is 0 Å². The second kappa shape index (κ2) is 7.84. The maximum absolute atomic E-state index is 14.4. The van der Waals surface area contributed by atoms with Gasteiger partial charge in [0, 0.05) is 6.07 Å². The second-order valence-electron chi connectivity index (χ2n) is 9.97. The smallest absolute Gasteiger partial charge is 0.126 e. The van der Waals surface area contributed by atoms with Crippen molar-refractivity contribution in [2.75, 3.05) is 0 Å². The van der Waals surface area contributed by atoms with Gasteiger partial charge in [0.05, 0.1) is 0 Å². The van der Waals surface area contributed by atoms with Crippen molar-refractivity contribution in [3.63, 3.8) is 0 Å². The molecular formula is C36H20F2. The topological polar surface area (TPSA) is 0 Å². The van der Waals surface area contributed by atoms with Gasteiger partial charge in [-0.2, -0.15) is 0 Å². The highest BCUT2D eigenvalue weighted by molar-refractivity contribution is 6.29. The molecule has 0 saturated heterocycles. The molecule has 0 aliphatic carbocycles. The molecule has 0 aliphatic rings. The number of fused-ring (bicyclic) bond motifs is 2. The standard InChI is InChI=1S/C36H20F2/c37-25-18-24(19-26(38)20-25)34-27-8-1-3-10-29(27)36(30-11-4-2-9-28(30)34)32-17-15-23-13-12-21-6-5-7-22-14-16-31(32)35(23)33(21)22/h1-20H. The fraction of sp³-hybridized carbons (Fsp3) is 0. The molecule has 0 amide bonds. The molecule has 0 atom stereocenters. The minimum Gasteiger partial charge on any atom is -0.207 e. The second-order valence-corrected chi connectivity index (χ2v) is 9.97. The first-order valence-corrected chi connectivity index (χ1v) is 12.7. The third kappa shape index (κ3) is 2.95. The molecule has 8 aromatic rings. The molecule has 0 nitrogen and oxygen atoms in total. The zero-order chi connectivity index (χ0) is 25.4. The molecule has 0 heterocycles. The van der Waals surface area contributed by atoms with Crippen molar-refractivity contribution in [2.24, 2.45) is 0 Å². The van der Waals surface area contributed by atoms with Crippen molar-refractivity contribution in [1.82, 2.24) is 0 Å². The Balaban J connectivity index is 1.57. The van der Waals surface area contributed by atoms with Crippen LogP contribution in [0.3, 0.4) is 0 Å². The Hall–Kier alpha value is -4.82. The minimum atomic E-state index is -0.580. The van der Waals surface area contributed by atoms with Crippen LogP contribution in [0.25, 0.3) is 76.1 Å². The lowest BCUT2D eigenvalue weighted by atomic mass is 9.83. The summed E-state index contributed by atoms with van der Waals surface area (Å²) in [5.74, 6) is -1.16. The maximum atomic E-state index is 14.4. The van der Waals surface area contributed by atoms with E-state index in [4.69, 9.17) is 0 Å². The monoisotopic (exact) mass is 490 g/mol. The SMILES string of the molecule is Fc1cc(F)cc(-c2c3ccccc3c(-c3ccc4ccc5cccc6ccc3c4c56)c3ccccc23)c1. The maximum Gasteiger partial charge on any atom is 0.126 e. The molecule has 0 aliphatic heterocycles. The zero-order valence-electron chi connectivity index (χ0n) is 20.3. The summed E-state index contributed by atoms with van der Waals surface area (Å²) in [5, 5.41) is 11.5. The largest absolute Gasteiger partial charge is 0.207 e. The Labute approximate surface area is 217 Å². The van der Waals surface area contributed by atoms with Gasteiger partial charge in [-0.3, -0.25) is 0 Å². The predicted octanol–water partition coefficient (Wildman–Crippen LogP) is 10.5. The lowest BCUT2D eigenvalue weighted by Gasteiger charge is -2.20. The Morgan fingerprint density at radius 2 is 0.868 bits per heavy atom. The average molecular weight is 491 g/mol. The van der Waals surface area contributed by atoms with Crippen LogP contribution in [-0.2, 0) is 0 Å². The molecular weight excluding hydrogens is 470 g/mol. The van der Waals surface area contributed by atoms with Gasteiger partial charge in [-0.1, -0.05) is 103 Å². The van der Waals surface area contributed by atoms with Crippen LogP contribution in [-0.4, -0.2) is 0 Å². The molecule has 8 aromatic carbocycles. The highest BCUT2D eigenvalue weighted by Crippen LogP contribution is 2.47. The molecule has 0 saturated carbocycles. The van der Waals surface area contributed by atoms with E-state index >= 15 is 0 Å². The molecule has 38 heavy (non-hydrogen) atoms. The minimum absolute atomic E-state index is 0.539. The number of hydrogen-bond acceptors (Lipinski definition) is 0. The first-order chi connectivity index (χ1) is 18.7. The van der Waals surface area contributed by atoms with E-state index in [9.17, 15) is 8.78 Å². The lowest BCUT2D eigenvalue weighted by Crippen LogP contribution is -1.93. The Kier molecular flexibility index (Phi) is 4.39. The summed E-state index contributed by atoms with van der Waals surface area (Å²) in [5.41, 5.74) is 3.67.